The maximum absolute atomic E-state index is 13.5. The highest BCUT2D eigenvalue weighted by atomic mass is 19.1. The molecule has 0 aliphatic carbocycles. The molecule has 2 heterocycles. The Labute approximate surface area is 167 Å². The van der Waals surface area contributed by atoms with E-state index < -0.39 is 0 Å². The summed E-state index contributed by atoms with van der Waals surface area (Å²) in [5.41, 5.74) is 1.62. The first-order chi connectivity index (χ1) is 14.1. The Morgan fingerprint density at radius 2 is 1.79 bits per heavy atom. The predicted molar refractivity (Wildman–Crippen MR) is 109 cm³/mol. The molecule has 4 aromatic rings. The van der Waals surface area contributed by atoms with Crippen LogP contribution in [0.5, 0.6) is 11.6 Å². The van der Waals surface area contributed by atoms with Gasteiger partial charge in [0, 0.05) is 24.5 Å². The number of hydrogen-bond donors (Lipinski definition) is 1. The molecule has 2 aromatic carbocycles. The van der Waals surface area contributed by atoms with Gasteiger partial charge in [-0.3, -0.25) is 0 Å². The molecular formula is C23H17FN4O. The number of pyridine rings is 2. The molecule has 0 radical (unpaired) electrons. The van der Waals surface area contributed by atoms with Gasteiger partial charge in [0.2, 0.25) is 5.88 Å². The number of fused-ring (bicyclic) bond motifs is 1. The predicted octanol–water partition coefficient (Wildman–Crippen LogP) is 5.61. The van der Waals surface area contributed by atoms with Gasteiger partial charge in [-0.15, -0.1) is 0 Å². The van der Waals surface area contributed by atoms with Crippen LogP contribution in [0.1, 0.15) is 24.1 Å². The minimum Gasteiger partial charge on any atom is -0.438 e. The first kappa shape index (κ1) is 18.4. The van der Waals surface area contributed by atoms with Gasteiger partial charge in [0.15, 0.2) is 0 Å². The Bertz CT molecular complexity index is 1200. The molecule has 2 aromatic heterocycles. The summed E-state index contributed by atoms with van der Waals surface area (Å²) >= 11 is 0. The number of nitriles is 1. The smallest absolute Gasteiger partial charge is 0.230 e. The van der Waals surface area contributed by atoms with E-state index in [0.29, 0.717) is 28.4 Å². The number of hydrogen-bond acceptors (Lipinski definition) is 5. The first-order valence-electron chi connectivity index (χ1n) is 9.08. The molecule has 1 atom stereocenters. The summed E-state index contributed by atoms with van der Waals surface area (Å²) in [6.45, 7) is 2.01. The third-order valence-corrected chi connectivity index (χ3v) is 4.55. The van der Waals surface area contributed by atoms with Crippen LogP contribution >= 0.6 is 0 Å². The Morgan fingerprint density at radius 3 is 2.52 bits per heavy atom. The molecule has 142 valence electrons. The summed E-state index contributed by atoms with van der Waals surface area (Å²) in [5, 5.41) is 14.0. The molecule has 0 saturated heterocycles. The topological polar surface area (TPSA) is 70.8 Å². The van der Waals surface area contributed by atoms with Crippen LogP contribution in [0.3, 0.4) is 0 Å². The summed E-state index contributed by atoms with van der Waals surface area (Å²) < 4.78 is 19.4. The highest BCUT2D eigenvalue weighted by Gasteiger charge is 2.14. The van der Waals surface area contributed by atoms with E-state index in [2.05, 4.69) is 21.4 Å². The van der Waals surface area contributed by atoms with E-state index in [4.69, 9.17) is 10.00 Å². The second-order valence-electron chi connectivity index (χ2n) is 6.53. The Balaban J connectivity index is 1.69. The molecule has 4 rings (SSSR count). The van der Waals surface area contributed by atoms with Gasteiger partial charge < -0.3 is 10.1 Å². The summed E-state index contributed by atoms with van der Waals surface area (Å²) in [5.74, 6) is 0.934. The second-order valence-corrected chi connectivity index (χ2v) is 6.53. The standard InChI is InChI=1S/C23H17FN4O/c1-15(17-7-5-16(14-25)6-8-17)28-22-21-18(9-11-26-22)10-12-27-23(21)29-20-4-2-3-19(24)13-20/h2-13,15H,1H3,(H,26,28)/t15-/m0/s1. The molecule has 0 aliphatic rings. The number of rotatable bonds is 5. The van der Waals surface area contributed by atoms with Crippen LogP contribution in [-0.4, -0.2) is 9.97 Å². The summed E-state index contributed by atoms with van der Waals surface area (Å²) in [7, 11) is 0. The monoisotopic (exact) mass is 384 g/mol. The number of nitrogens with zero attached hydrogens (tertiary/aromatic N) is 3. The third-order valence-electron chi connectivity index (χ3n) is 4.55. The lowest BCUT2D eigenvalue weighted by Crippen LogP contribution is -2.08. The van der Waals surface area contributed by atoms with Gasteiger partial charge in [-0.2, -0.15) is 5.26 Å². The zero-order valence-electron chi connectivity index (χ0n) is 15.6. The van der Waals surface area contributed by atoms with Crippen molar-refractivity contribution in [3.05, 3.63) is 90.0 Å². The molecule has 0 bridgehead atoms. The fourth-order valence-electron chi connectivity index (χ4n) is 3.05. The Kier molecular flexibility index (Phi) is 5.04. The quantitative estimate of drug-likeness (QED) is 0.484. The van der Waals surface area contributed by atoms with E-state index in [-0.39, 0.29) is 11.9 Å². The highest BCUT2D eigenvalue weighted by Crippen LogP contribution is 2.33. The van der Waals surface area contributed by atoms with Crippen molar-refractivity contribution in [1.82, 2.24) is 9.97 Å². The van der Waals surface area contributed by atoms with Crippen molar-refractivity contribution in [3.8, 4) is 17.7 Å². The average molecular weight is 384 g/mol. The fourth-order valence-corrected chi connectivity index (χ4v) is 3.05. The Morgan fingerprint density at radius 1 is 1.03 bits per heavy atom. The van der Waals surface area contributed by atoms with E-state index in [1.807, 2.05) is 31.2 Å². The molecule has 1 N–H and O–H groups in total. The molecule has 0 saturated carbocycles. The van der Waals surface area contributed by atoms with Crippen LogP contribution in [-0.2, 0) is 0 Å². The molecule has 0 aliphatic heterocycles. The summed E-state index contributed by atoms with van der Waals surface area (Å²) in [6.07, 6.45) is 3.35. The lowest BCUT2D eigenvalue weighted by molar-refractivity contribution is 0.464. The molecule has 5 nitrogen and oxygen atoms in total. The van der Waals surface area contributed by atoms with E-state index in [9.17, 15) is 4.39 Å². The van der Waals surface area contributed by atoms with E-state index in [0.717, 1.165) is 10.9 Å². The zero-order chi connectivity index (χ0) is 20.2. The van der Waals surface area contributed by atoms with Crippen LogP contribution in [0.25, 0.3) is 10.8 Å². The molecule has 29 heavy (non-hydrogen) atoms. The minimum atomic E-state index is -0.381. The van der Waals surface area contributed by atoms with Gasteiger partial charge in [-0.25, -0.2) is 14.4 Å². The molecular weight excluding hydrogens is 367 g/mol. The summed E-state index contributed by atoms with van der Waals surface area (Å²) in [6, 6.07) is 19.1. The number of aromatic nitrogens is 2. The molecule has 0 unspecified atom stereocenters. The third kappa shape index (κ3) is 3.99. The van der Waals surface area contributed by atoms with Crippen molar-refractivity contribution in [3.63, 3.8) is 0 Å². The second kappa shape index (κ2) is 7.95. The number of nitrogens with one attached hydrogen (secondary N) is 1. The summed E-state index contributed by atoms with van der Waals surface area (Å²) in [4.78, 5) is 8.80. The number of benzene rings is 2. The van der Waals surface area contributed by atoms with Gasteiger partial charge in [0.1, 0.15) is 17.4 Å². The van der Waals surface area contributed by atoms with Gasteiger partial charge in [-0.1, -0.05) is 18.2 Å². The van der Waals surface area contributed by atoms with Crippen molar-refractivity contribution in [2.24, 2.45) is 0 Å². The maximum atomic E-state index is 13.5. The first-order valence-corrected chi connectivity index (χ1v) is 9.08. The Hall–Kier alpha value is -3.98. The zero-order valence-corrected chi connectivity index (χ0v) is 15.6. The van der Waals surface area contributed by atoms with Crippen LogP contribution in [0.15, 0.2) is 73.1 Å². The van der Waals surface area contributed by atoms with Crippen LogP contribution in [0.2, 0.25) is 0 Å². The largest absolute Gasteiger partial charge is 0.438 e. The molecule has 0 spiro atoms. The number of anilines is 1. The van der Waals surface area contributed by atoms with Crippen LogP contribution < -0.4 is 10.1 Å². The van der Waals surface area contributed by atoms with Crippen molar-refractivity contribution in [1.29, 1.82) is 5.26 Å². The van der Waals surface area contributed by atoms with E-state index in [1.54, 1.807) is 36.7 Å². The van der Waals surface area contributed by atoms with Crippen molar-refractivity contribution >= 4 is 16.6 Å². The van der Waals surface area contributed by atoms with Gasteiger partial charge in [0.25, 0.3) is 0 Å². The van der Waals surface area contributed by atoms with E-state index >= 15 is 0 Å². The SMILES string of the molecule is C[C@H](Nc1nccc2ccnc(Oc3cccc(F)c3)c12)c1ccc(C#N)cc1. The van der Waals surface area contributed by atoms with Crippen LogP contribution in [0, 0.1) is 17.1 Å². The lowest BCUT2D eigenvalue weighted by atomic mass is 10.1. The van der Waals surface area contributed by atoms with Gasteiger partial charge in [0.05, 0.1) is 17.0 Å². The average Bonchev–Trinajstić information content (AvgIpc) is 2.74. The highest BCUT2D eigenvalue weighted by molar-refractivity contribution is 5.95. The van der Waals surface area contributed by atoms with Crippen molar-refractivity contribution < 1.29 is 9.13 Å². The van der Waals surface area contributed by atoms with E-state index in [1.165, 1.54) is 12.1 Å². The maximum Gasteiger partial charge on any atom is 0.230 e. The van der Waals surface area contributed by atoms with Gasteiger partial charge >= 0.3 is 0 Å². The normalized spacial score (nSPS) is 11.6. The molecule has 0 amide bonds. The van der Waals surface area contributed by atoms with Gasteiger partial charge in [-0.05, 0) is 54.3 Å². The molecule has 6 heteroatoms. The fraction of sp³-hybridized carbons (Fsp3) is 0.0870. The minimum absolute atomic E-state index is 0.0666. The molecule has 0 fully saturated rings. The lowest BCUT2D eigenvalue weighted by Gasteiger charge is -2.17. The number of ether oxygens (including phenoxy) is 1. The van der Waals surface area contributed by atoms with Crippen molar-refractivity contribution in [2.75, 3.05) is 5.32 Å². The number of halogens is 1. The van der Waals surface area contributed by atoms with Crippen molar-refractivity contribution in [2.45, 2.75) is 13.0 Å². The van der Waals surface area contributed by atoms with Crippen LogP contribution in [0.4, 0.5) is 10.2 Å².